The molecule has 0 radical (unpaired) electrons. The Bertz CT molecular complexity index is 577. The van der Waals surface area contributed by atoms with Crippen molar-refractivity contribution in [2.45, 2.75) is 155 Å². The molecule has 0 saturated heterocycles. The molecule has 0 heterocycles. The van der Waals surface area contributed by atoms with E-state index in [1.54, 1.807) is 0 Å². The molecule has 0 aromatic carbocycles. The SMILES string of the molecule is CCC(O[Si](C)(C)C(C)(C)CC)C(C)(CC)[Si](C)(C)OC(C)(CC)[Si](C)(C)CC(C)CO. The van der Waals surface area contributed by atoms with Gasteiger partial charge in [-0.3, -0.25) is 0 Å². The maximum atomic E-state index is 9.71. The van der Waals surface area contributed by atoms with E-state index in [0.29, 0.717) is 5.92 Å². The summed E-state index contributed by atoms with van der Waals surface area (Å²) >= 11 is 0. The van der Waals surface area contributed by atoms with Gasteiger partial charge in [0.1, 0.15) is 0 Å². The van der Waals surface area contributed by atoms with Crippen molar-refractivity contribution >= 4 is 24.7 Å². The molecule has 0 aliphatic carbocycles. The van der Waals surface area contributed by atoms with E-state index >= 15 is 0 Å². The van der Waals surface area contributed by atoms with Crippen molar-refractivity contribution < 1.29 is 14.0 Å². The van der Waals surface area contributed by atoms with Crippen LogP contribution in [-0.4, -0.2) is 47.8 Å². The van der Waals surface area contributed by atoms with E-state index in [2.05, 4.69) is 102 Å². The fourth-order valence-corrected chi connectivity index (χ4v) is 16.1. The number of hydrogen-bond acceptors (Lipinski definition) is 3. The highest BCUT2D eigenvalue weighted by atomic mass is 28.4. The van der Waals surface area contributed by atoms with Gasteiger partial charge in [-0.25, -0.2) is 0 Å². The molecule has 3 nitrogen and oxygen atoms in total. The molecule has 4 atom stereocenters. The summed E-state index contributed by atoms with van der Waals surface area (Å²) in [5.41, 5.74) is 0. The third-order valence-corrected chi connectivity index (χ3v) is 24.0. The Labute approximate surface area is 205 Å². The Balaban J connectivity index is 6.18. The molecule has 0 spiro atoms. The maximum Gasteiger partial charge on any atom is 0.195 e. The molecule has 6 heteroatoms. The van der Waals surface area contributed by atoms with Gasteiger partial charge in [0.2, 0.25) is 0 Å². The maximum absolute atomic E-state index is 9.71. The number of aliphatic hydroxyl groups excluding tert-OH is 1. The van der Waals surface area contributed by atoms with Crippen LogP contribution in [0.1, 0.15) is 88.0 Å². The minimum Gasteiger partial charge on any atom is -0.414 e. The second kappa shape index (κ2) is 11.5. The van der Waals surface area contributed by atoms with Crippen LogP contribution in [0.15, 0.2) is 0 Å². The van der Waals surface area contributed by atoms with Gasteiger partial charge in [-0.15, -0.1) is 0 Å². The zero-order valence-electron chi connectivity index (χ0n) is 24.7. The molecule has 194 valence electrons. The van der Waals surface area contributed by atoms with Crippen LogP contribution in [0.5, 0.6) is 0 Å². The molecular formula is C26H60O3Si3. The minimum absolute atomic E-state index is 0.0410. The Morgan fingerprint density at radius 3 is 1.62 bits per heavy atom. The molecular weight excluding hydrogens is 445 g/mol. The summed E-state index contributed by atoms with van der Waals surface area (Å²) in [7, 11) is -5.82. The molecule has 0 rings (SSSR count). The normalized spacial score (nSPS) is 19.9. The second-order valence-electron chi connectivity index (χ2n) is 13.1. The molecule has 4 unspecified atom stereocenters. The molecule has 0 aliphatic heterocycles. The summed E-state index contributed by atoms with van der Waals surface area (Å²) < 4.78 is 14.6. The van der Waals surface area contributed by atoms with Gasteiger partial charge >= 0.3 is 0 Å². The van der Waals surface area contributed by atoms with Gasteiger partial charge in [-0.2, -0.15) is 0 Å². The lowest BCUT2D eigenvalue weighted by Gasteiger charge is -2.55. The topological polar surface area (TPSA) is 38.7 Å². The highest BCUT2D eigenvalue weighted by Crippen LogP contribution is 2.53. The van der Waals surface area contributed by atoms with Gasteiger partial charge in [0.15, 0.2) is 16.6 Å². The van der Waals surface area contributed by atoms with Crippen LogP contribution in [0.25, 0.3) is 0 Å². The largest absolute Gasteiger partial charge is 0.414 e. The fourth-order valence-electron chi connectivity index (χ4n) is 5.17. The summed E-state index contributed by atoms with van der Waals surface area (Å²) in [6, 6.07) is 1.10. The molecule has 0 fully saturated rings. The van der Waals surface area contributed by atoms with Crippen LogP contribution in [0.2, 0.25) is 55.4 Å². The Kier molecular flexibility index (Phi) is 11.7. The van der Waals surface area contributed by atoms with Crippen LogP contribution in [0, 0.1) is 5.92 Å². The van der Waals surface area contributed by atoms with E-state index < -0.39 is 24.7 Å². The van der Waals surface area contributed by atoms with E-state index in [1.165, 1.54) is 0 Å². The molecule has 0 saturated carbocycles. The Morgan fingerprint density at radius 2 is 1.28 bits per heavy atom. The zero-order valence-corrected chi connectivity index (χ0v) is 27.7. The third kappa shape index (κ3) is 6.81. The van der Waals surface area contributed by atoms with E-state index in [-0.39, 0.29) is 28.0 Å². The summed E-state index contributed by atoms with van der Waals surface area (Å²) in [6.45, 7) is 35.9. The van der Waals surface area contributed by atoms with Crippen molar-refractivity contribution in [2.24, 2.45) is 5.92 Å². The van der Waals surface area contributed by atoms with Gasteiger partial charge in [0.25, 0.3) is 0 Å². The first-order valence-corrected chi connectivity index (χ1v) is 22.3. The van der Waals surface area contributed by atoms with Crippen molar-refractivity contribution in [3.63, 3.8) is 0 Å². The van der Waals surface area contributed by atoms with Gasteiger partial charge < -0.3 is 14.0 Å². The standard InChI is InChI=1S/C26H60O3Si3/c1-16-23(28-31(12,13)24(6,7)17-2)25(8,18-3)32(14,15)29-26(9,19-4)30(10,11)21-22(5)20-27/h22-23,27H,16-21H2,1-15H3. The predicted octanol–water partition coefficient (Wildman–Crippen LogP) is 8.61. The molecule has 32 heavy (non-hydrogen) atoms. The summed E-state index contributed by atoms with van der Waals surface area (Å²) in [5.74, 6) is 0.336. The molecule has 0 aliphatic rings. The van der Waals surface area contributed by atoms with Gasteiger partial charge in [0, 0.05) is 23.0 Å². The van der Waals surface area contributed by atoms with Crippen molar-refractivity contribution in [3.05, 3.63) is 0 Å². The molecule has 0 amide bonds. The third-order valence-electron chi connectivity index (χ3n) is 9.90. The summed E-state index contributed by atoms with van der Waals surface area (Å²) in [4.78, 5) is 0. The first-order chi connectivity index (χ1) is 14.3. The van der Waals surface area contributed by atoms with Crippen LogP contribution >= 0.6 is 0 Å². The van der Waals surface area contributed by atoms with Crippen LogP contribution in [0.4, 0.5) is 0 Å². The smallest absolute Gasteiger partial charge is 0.195 e. The van der Waals surface area contributed by atoms with Gasteiger partial charge in [-0.1, -0.05) is 80.9 Å². The van der Waals surface area contributed by atoms with Crippen LogP contribution < -0.4 is 0 Å². The average Bonchev–Trinajstić information content (AvgIpc) is 2.69. The lowest BCUT2D eigenvalue weighted by Crippen LogP contribution is -2.63. The first kappa shape index (κ1) is 32.5. The van der Waals surface area contributed by atoms with Gasteiger partial charge in [-0.05, 0) is 63.3 Å². The van der Waals surface area contributed by atoms with E-state index in [0.717, 1.165) is 31.7 Å². The van der Waals surface area contributed by atoms with E-state index in [1.807, 2.05) is 0 Å². The monoisotopic (exact) mass is 504 g/mol. The van der Waals surface area contributed by atoms with Crippen LogP contribution in [0.3, 0.4) is 0 Å². The van der Waals surface area contributed by atoms with E-state index in [4.69, 9.17) is 8.85 Å². The van der Waals surface area contributed by atoms with Crippen molar-refractivity contribution in [2.75, 3.05) is 6.61 Å². The molecule has 1 N–H and O–H groups in total. The van der Waals surface area contributed by atoms with E-state index in [9.17, 15) is 5.11 Å². The first-order valence-electron chi connectivity index (χ1n) is 13.2. The molecule has 0 bridgehead atoms. The Hall–Kier alpha value is 0.531. The minimum atomic E-state index is -2.17. The quantitative estimate of drug-likeness (QED) is 0.227. The molecule has 0 aromatic heterocycles. The van der Waals surface area contributed by atoms with Crippen molar-refractivity contribution in [1.82, 2.24) is 0 Å². The predicted molar refractivity (Wildman–Crippen MR) is 151 cm³/mol. The summed E-state index contributed by atoms with van der Waals surface area (Å²) in [6.07, 6.45) is 4.52. The second-order valence-corrected chi connectivity index (χ2v) is 27.3. The lowest BCUT2D eigenvalue weighted by atomic mass is 9.98. The number of rotatable bonds is 15. The highest BCUT2D eigenvalue weighted by Gasteiger charge is 2.56. The highest BCUT2D eigenvalue weighted by molar-refractivity contribution is 6.82. The van der Waals surface area contributed by atoms with Crippen LogP contribution in [-0.2, 0) is 8.85 Å². The summed E-state index contributed by atoms with van der Waals surface area (Å²) in [5, 5.41) is 9.90. The Morgan fingerprint density at radius 1 is 0.781 bits per heavy atom. The van der Waals surface area contributed by atoms with Crippen molar-refractivity contribution in [3.8, 4) is 0 Å². The van der Waals surface area contributed by atoms with Crippen molar-refractivity contribution in [1.29, 1.82) is 0 Å². The number of hydrogen-bond donors (Lipinski definition) is 1. The van der Waals surface area contributed by atoms with Gasteiger partial charge in [0.05, 0.1) is 8.07 Å². The average molecular weight is 505 g/mol. The lowest BCUT2D eigenvalue weighted by molar-refractivity contribution is 0.0829. The zero-order chi connectivity index (χ0) is 25.8. The number of aliphatic hydroxyl groups is 1. The fraction of sp³-hybridized carbons (Fsp3) is 1.00. The molecule has 0 aromatic rings.